The van der Waals surface area contributed by atoms with Crippen LogP contribution in [-0.4, -0.2) is 39.0 Å². The Kier molecular flexibility index (Phi) is 5.92. The molecule has 3 heterocycles. The van der Waals surface area contributed by atoms with Gasteiger partial charge in [0.2, 0.25) is 5.91 Å². The Labute approximate surface area is 185 Å². The van der Waals surface area contributed by atoms with E-state index in [9.17, 15) is 4.79 Å². The zero-order valence-corrected chi connectivity index (χ0v) is 18.3. The van der Waals surface area contributed by atoms with Crippen molar-refractivity contribution in [1.29, 1.82) is 0 Å². The third-order valence-corrected chi connectivity index (χ3v) is 5.79. The summed E-state index contributed by atoms with van der Waals surface area (Å²) in [6.45, 7) is 5.41. The topological polar surface area (TPSA) is 75.9 Å². The lowest BCUT2D eigenvalue weighted by atomic mass is 9.96. The van der Waals surface area contributed by atoms with Gasteiger partial charge in [-0.1, -0.05) is 23.2 Å². The lowest BCUT2D eigenvalue weighted by Crippen LogP contribution is -2.38. The van der Waals surface area contributed by atoms with E-state index < -0.39 is 0 Å². The van der Waals surface area contributed by atoms with Crippen molar-refractivity contribution in [3.8, 4) is 5.82 Å². The lowest BCUT2D eigenvalue weighted by molar-refractivity contribution is -0.120. The van der Waals surface area contributed by atoms with Crippen LogP contribution in [0, 0.1) is 19.8 Å². The van der Waals surface area contributed by atoms with Gasteiger partial charge in [-0.15, -0.1) is 10.2 Å². The number of hydrogen-bond donors (Lipinski definition) is 1. The number of carbonyl (C=O) groups excluding carboxylic acids is 1. The zero-order valence-electron chi connectivity index (χ0n) is 16.8. The maximum absolute atomic E-state index is 12.6. The van der Waals surface area contributed by atoms with Gasteiger partial charge in [-0.25, -0.2) is 4.68 Å². The summed E-state index contributed by atoms with van der Waals surface area (Å²) in [6.07, 6.45) is 1.47. The molecule has 2 aromatic heterocycles. The van der Waals surface area contributed by atoms with Gasteiger partial charge >= 0.3 is 0 Å². The second-order valence-electron chi connectivity index (χ2n) is 7.46. The van der Waals surface area contributed by atoms with E-state index in [0.717, 1.165) is 43.1 Å². The molecule has 1 amide bonds. The molecule has 1 aliphatic heterocycles. The first-order valence-corrected chi connectivity index (χ1v) is 10.5. The maximum atomic E-state index is 12.6. The van der Waals surface area contributed by atoms with Crippen LogP contribution < -0.4 is 10.2 Å². The number of halogens is 2. The number of hydrogen-bond acceptors (Lipinski definition) is 5. The fourth-order valence-corrected chi connectivity index (χ4v) is 4.11. The van der Waals surface area contributed by atoms with Crippen LogP contribution in [0.1, 0.15) is 24.2 Å². The molecule has 0 radical (unpaired) electrons. The molecule has 9 heteroatoms. The lowest BCUT2D eigenvalue weighted by Gasteiger charge is -2.31. The number of nitrogens with one attached hydrogen (secondary N) is 1. The number of nitrogens with zero attached hydrogens (tertiary/aromatic N) is 5. The Bertz CT molecular complexity index is 1060. The van der Waals surface area contributed by atoms with Gasteiger partial charge in [0.25, 0.3) is 0 Å². The van der Waals surface area contributed by atoms with Crippen LogP contribution in [0.5, 0.6) is 0 Å². The van der Waals surface area contributed by atoms with E-state index >= 15 is 0 Å². The molecule has 3 aromatic rings. The summed E-state index contributed by atoms with van der Waals surface area (Å²) in [7, 11) is 0. The Morgan fingerprint density at radius 1 is 1.03 bits per heavy atom. The summed E-state index contributed by atoms with van der Waals surface area (Å²) in [5.74, 6) is 1.40. The monoisotopic (exact) mass is 444 g/mol. The average molecular weight is 445 g/mol. The van der Waals surface area contributed by atoms with Gasteiger partial charge in [-0.2, -0.15) is 5.10 Å². The summed E-state index contributed by atoms with van der Waals surface area (Å²) >= 11 is 12.1. The van der Waals surface area contributed by atoms with E-state index in [1.807, 2.05) is 32.0 Å². The number of benzene rings is 1. The quantitative estimate of drug-likeness (QED) is 0.643. The van der Waals surface area contributed by atoms with Crippen molar-refractivity contribution in [2.75, 3.05) is 23.3 Å². The molecule has 0 aliphatic carbocycles. The summed E-state index contributed by atoms with van der Waals surface area (Å²) in [5, 5.41) is 17.0. The highest BCUT2D eigenvalue weighted by atomic mass is 35.5. The fraction of sp³-hybridized carbons (Fsp3) is 0.333. The van der Waals surface area contributed by atoms with Gasteiger partial charge < -0.3 is 10.2 Å². The van der Waals surface area contributed by atoms with Crippen LogP contribution in [-0.2, 0) is 4.79 Å². The Balaban J connectivity index is 1.36. The number of carbonyl (C=O) groups is 1. The number of rotatable bonds is 4. The third kappa shape index (κ3) is 4.42. The normalized spacial score (nSPS) is 14.7. The predicted octanol–water partition coefficient (Wildman–Crippen LogP) is 4.44. The molecule has 7 nitrogen and oxygen atoms in total. The number of aromatic nitrogens is 4. The second-order valence-corrected chi connectivity index (χ2v) is 8.31. The molecule has 1 saturated heterocycles. The van der Waals surface area contributed by atoms with Gasteiger partial charge in [0.05, 0.1) is 16.4 Å². The zero-order chi connectivity index (χ0) is 21.3. The molecule has 1 N–H and O–H groups in total. The van der Waals surface area contributed by atoms with Crippen LogP contribution in [0.25, 0.3) is 5.82 Å². The number of amides is 1. The predicted molar refractivity (Wildman–Crippen MR) is 119 cm³/mol. The van der Waals surface area contributed by atoms with Crippen molar-refractivity contribution in [3.63, 3.8) is 0 Å². The molecule has 30 heavy (non-hydrogen) atoms. The van der Waals surface area contributed by atoms with E-state index in [1.165, 1.54) is 0 Å². The fourth-order valence-electron chi connectivity index (χ4n) is 3.66. The number of aryl methyl sites for hydroxylation is 2. The van der Waals surface area contributed by atoms with Crippen LogP contribution >= 0.6 is 23.2 Å². The first-order valence-electron chi connectivity index (χ1n) is 9.79. The number of anilines is 2. The van der Waals surface area contributed by atoms with Gasteiger partial charge in [0.15, 0.2) is 11.6 Å². The molecule has 156 valence electrons. The van der Waals surface area contributed by atoms with E-state index in [0.29, 0.717) is 21.6 Å². The largest absolute Gasteiger partial charge is 0.355 e. The van der Waals surface area contributed by atoms with Gasteiger partial charge in [0, 0.05) is 29.7 Å². The molecular weight excluding hydrogens is 423 g/mol. The van der Waals surface area contributed by atoms with Gasteiger partial charge in [-0.3, -0.25) is 4.79 Å². The summed E-state index contributed by atoms with van der Waals surface area (Å²) in [4.78, 5) is 14.8. The minimum atomic E-state index is -0.0741. The molecule has 0 spiro atoms. The second kappa shape index (κ2) is 8.62. The van der Waals surface area contributed by atoms with Crippen molar-refractivity contribution in [2.24, 2.45) is 5.92 Å². The van der Waals surface area contributed by atoms with Crippen LogP contribution in [0.3, 0.4) is 0 Å². The molecule has 0 saturated carbocycles. The van der Waals surface area contributed by atoms with Gasteiger partial charge in [0.1, 0.15) is 0 Å². The van der Waals surface area contributed by atoms with Crippen LogP contribution in [0.4, 0.5) is 11.5 Å². The van der Waals surface area contributed by atoms with Crippen LogP contribution in [0.15, 0.2) is 36.4 Å². The summed E-state index contributed by atoms with van der Waals surface area (Å²) in [6, 6.07) is 10.9. The molecule has 0 bridgehead atoms. The first kappa shape index (κ1) is 20.6. The molecule has 1 aromatic carbocycles. The summed E-state index contributed by atoms with van der Waals surface area (Å²) < 4.78 is 1.78. The first-order chi connectivity index (χ1) is 14.4. The molecule has 4 rings (SSSR count). The molecule has 0 atom stereocenters. The van der Waals surface area contributed by atoms with Crippen molar-refractivity contribution in [2.45, 2.75) is 26.7 Å². The minimum Gasteiger partial charge on any atom is -0.355 e. The SMILES string of the molecule is Cc1cc(C)n(-c2ccc(N3CCC(C(=O)Nc4ccc(Cl)cc4Cl)CC3)nn2)n1. The highest BCUT2D eigenvalue weighted by molar-refractivity contribution is 6.36. The standard InChI is InChI=1S/C21H22Cl2N6O/c1-13-11-14(2)29(27-13)20-6-5-19(25-26-20)28-9-7-15(8-10-28)21(30)24-18-4-3-16(22)12-17(18)23/h3-6,11-12,15H,7-10H2,1-2H3,(H,24,30). The van der Waals surface area contributed by atoms with Crippen molar-refractivity contribution in [3.05, 3.63) is 57.8 Å². The van der Waals surface area contributed by atoms with Crippen LogP contribution in [0.2, 0.25) is 10.0 Å². The Morgan fingerprint density at radius 2 is 1.73 bits per heavy atom. The van der Waals surface area contributed by atoms with E-state index in [2.05, 4.69) is 25.5 Å². The van der Waals surface area contributed by atoms with E-state index in [-0.39, 0.29) is 11.8 Å². The van der Waals surface area contributed by atoms with Crippen molar-refractivity contribution >= 4 is 40.6 Å². The van der Waals surface area contributed by atoms with Crippen molar-refractivity contribution in [1.82, 2.24) is 20.0 Å². The highest BCUT2D eigenvalue weighted by Crippen LogP contribution is 2.28. The van der Waals surface area contributed by atoms with E-state index in [4.69, 9.17) is 23.2 Å². The van der Waals surface area contributed by atoms with Gasteiger partial charge in [-0.05, 0) is 63.1 Å². The molecule has 0 unspecified atom stereocenters. The summed E-state index contributed by atoms with van der Waals surface area (Å²) in [5.41, 5.74) is 2.54. The van der Waals surface area contributed by atoms with E-state index in [1.54, 1.807) is 22.9 Å². The minimum absolute atomic E-state index is 0.0233. The highest BCUT2D eigenvalue weighted by Gasteiger charge is 2.26. The number of piperidine rings is 1. The smallest absolute Gasteiger partial charge is 0.227 e. The third-order valence-electron chi connectivity index (χ3n) is 5.24. The molecule has 1 aliphatic rings. The maximum Gasteiger partial charge on any atom is 0.227 e. The Hall–Kier alpha value is -2.64. The van der Waals surface area contributed by atoms with Crippen molar-refractivity contribution < 1.29 is 4.79 Å². The molecule has 1 fully saturated rings. The molecular formula is C21H22Cl2N6O. The Morgan fingerprint density at radius 3 is 2.33 bits per heavy atom. The average Bonchev–Trinajstić information content (AvgIpc) is 3.08.